The second-order valence-corrected chi connectivity index (χ2v) is 5.87. The molecule has 0 amide bonds. The Morgan fingerprint density at radius 3 is 3.20 bits per heavy atom. The molecule has 0 saturated heterocycles. The molecule has 1 aromatic rings. The Hall–Kier alpha value is -0.390. The molecule has 0 fully saturated rings. The van der Waals surface area contributed by atoms with E-state index in [0.29, 0.717) is 0 Å². The van der Waals surface area contributed by atoms with E-state index >= 15 is 0 Å². The van der Waals surface area contributed by atoms with Crippen LogP contribution < -0.4 is 0 Å². The molecule has 0 bridgehead atoms. The fourth-order valence-corrected chi connectivity index (χ4v) is 3.84. The van der Waals surface area contributed by atoms with Crippen molar-refractivity contribution in [2.24, 2.45) is 4.99 Å². The molecule has 1 aromatic carbocycles. The number of hydrogen-bond acceptors (Lipinski definition) is 3. The molecule has 0 aliphatic carbocycles. The van der Waals surface area contributed by atoms with Gasteiger partial charge in [0.05, 0.1) is 6.54 Å². The number of aliphatic imine (C=N–C) groups is 1. The Bertz CT molecular complexity index is 484. The van der Waals surface area contributed by atoms with Crippen molar-refractivity contribution in [3.8, 4) is 0 Å². The van der Waals surface area contributed by atoms with Gasteiger partial charge in [-0.25, -0.2) is 0 Å². The van der Waals surface area contributed by atoms with Crippen LogP contribution in [0.3, 0.4) is 0 Å². The summed E-state index contributed by atoms with van der Waals surface area (Å²) in [6.45, 7) is 1.76. The number of hydrogen-bond donors (Lipinski definition) is 0. The van der Waals surface area contributed by atoms with Crippen LogP contribution in [0.1, 0.15) is 5.56 Å². The maximum Gasteiger partial charge on any atom is 0.146 e. The molecule has 2 aliphatic rings. The Morgan fingerprint density at radius 2 is 2.33 bits per heavy atom. The number of thioether (sulfide) groups is 1. The minimum atomic E-state index is 0.844. The quantitative estimate of drug-likeness (QED) is 0.685. The van der Waals surface area contributed by atoms with Crippen LogP contribution in [0, 0.1) is 0 Å². The van der Waals surface area contributed by atoms with Crippen LogP contribution in [0.15, 0.2) is 32.6 Å². The number of fused-ring (bicyclic) bond motifs is 3. The third-order valence-corrected chi connectivity index (χ3v) is 4.54. The van der Waals surface area contributed by atoms with Crippen LogP contribution >= 0.6 is 39.9 Å². The summed E-state index contributed by atoms with van der Waals surface area (Å²) in [4.78, 5) is 7.84. The van der Waals surface area contributed by atoms with E-state index in [2.05, 4.69) is 31.9 Å². The summed E-state index contributed by atoms with van der Waals surface area (Å²) in [5.41, 5.74) is 1.19. The van der Waals surface area contributed by atoms with Crippen LogP contribution in [-0.4, -0.2) is 28.1 Å². The molecule has 76 valence electrons. The summed E-state index contributed by atoms with van der Waals surface area (Å²) < 4.78 is 2.01. The number of thiocarbonyl (C=S) groups is 1. The van der Waals surface area contributed by atoms with Gasteiger partial charge in [-0.3, -0.25) is 4.99 Å². The zero-order valence-electron chi connectivity index (χ0n) is 7.74. The molecule has 2 nitrogen and oxygen atoms in total. The van der Waals surface area contributed by atoms with E-state index in [0.717, 1.165) is 27.7 Å². The predicted octanol–water partition coefficient (Wildman–Crippen LogP) is 2.90. The van der Waals surface area contributed by atoms with Gasteiger partial charge in [0.2, 0.25) is 0 Å². The molecule has 5 heteroatoms. The fourth-order valence-electron chi connectivity index (χ4n) is 1.79. The third kappa shape index (κ3) is 1.45. The highest BCUT2D eigenvalue weighted by atomic mass is 79.9. The van der Waals surface area contributed by atoms with Crippen molar-refractivity contribution in [2.75, 3.05) is 13.1 Å². The number of benzene rings is 1. The highest BCUT2D eigenvalue weighted by molar-refractivity contribution is 9.10. The standard InChI is InChI=1S/C10H7BrN2S2/c11-6-2-1-3-7-8(6)9-12-4-5-13(9)10(14)15-7/h1-3H,4-5H2. The number of halogens is 1. The van der Waals surface area contributed by atoms with Gasteiger partial charge in [0, 0.05) is 21.5 Å². The van der Waals surface area contributed by atoms with Gasteiger partial charge in [0.25, 0.3) is 0 Å². The minimum absolute atomic E-state index is 0.844. The highest BCUT2D eigenvalue weighted by Gasteiger charge is 2.31. The first-order valence-electron chi connectivity index (χ1n) is 4.60. The maximum atomic E-state index is 5.36. The molecule has 0 saturated carbocycles. The van der Waals surface area contributed by atoms with E-state index < -0.39 is 0 Å². The van der Waals surface area contributed by atoms with Gasteiger partial charge in [0.15, 0.2) is 0 Å². The van der Waals surface area contributed by atoms with Crippen LogP contribution in [0.2, 0.25) is 0 Å². The lowest BCUT2D eigenvalue weighted by Gasteiger charge is -2.27. The normalized spacial score (nSPS) is 18.6. The van der Waals surface area contributed by atoms with Gasteiger partial charge in [-0.05, 0) is 28.1 Å². The molecule has 2 heterocycles. The average Bonchev–Trinajstić information content (AvgIpc) is 2.66. The Balaban J connectivity index is 2.25. The van der Waals surface area contributed by atoms with Crippen molar-refractivity contribution in [3.05, 3.63) is 28.2 Å². The SMILES string of the molecule is S=C1Sc2cccc(Br)c2C2=NCCN12. The second kappa shape index (κ2) is 3.57. The van der Waals surface area contributed by atoms with Gasteiger partial charge >= 0.3 is 0 Å². The van der Waals surface area contributed by atoms with E-state index in [1.165, 1.54) is 10.5 Å². The van der Waals surface area contributed by atoms with Gasteiger partial charge in [-0.2, -0.15) is 0 Å². The Labute approximate surface area is 106 Å². The van der Waals surface area contributed by atoms with Crippen molar-refractivity contribution in [1.29, 1.82) is 0 Å². The van der Waals surface area contributed by atoms with Crippen molar-refractivity contribution in [2.45, 2.75) is 4.90 Å². The van der Waals surface area contributed by atoms with Gasteiger partial charge in [-0.1, -0.05) is 30.0 Å². The summed E-state index contributed by atoms with van der Waals surface area (Å²) in [5, 5.41) is 0. The fraction of sp³-hybridized carbons (Fsp3) is 0.200. The van der Waals surface area contributed by atoms with Crippen molar-refractivity contribution < 1.29 is 0 Å². The van der Waals surface area contributed by atoms with Gasteiger partial charge in [-0.15, -0.1) is 0 Å². The summed E-state index contributed by atoms with van der Waals surface area (Å²) in [5.74, 6) is 1.03. The first kappa shape index (κ1) is 9.81. The monoisotopic (exact) mass is 298 g/mol. The van der Waals surface area contributed by atoms with Crippen LogP contribution in [0.4, 0.5) is 0 Å². The molecule has 15 heavy (non-hydrogen) atoms. The molecular formula is C10H7BrN2S2. The zero-order chi connectivity index (χ0) is 10.4. The molecule has 0 aromatic heterocycles. The Morgan fingerprint density at radius 1 is 1.47 bits per heavy atom. The van der Waals surface area contributed by atoms with Crippen molar-refractivity contribution >= 4 is 50.1 Å². The van der Waals surface area contributed by atoms with Crippen molar-refractivity contribution in [1.82, 2.24) is 4.90 Å². The molecular weight excluding hydrogens is 292 g/mol. The van der Waals surface area contributed by atoms with E-state index in [1.54, 1.807) is 11.8 Å². The third-order valence-electron chi connectivity index (χ3n) is 2.46. The molecule has 3 rings (SSSR count). The number of nitrogens with zero attached hydrogens (tertiary/aromatic N) is 2. The number of rotatable bonds is 0. The molecule has 0 spiro atoms. The average molecular weight is 299 g/mol. The Kier molecular flexibility index (Phi) is 2.34. The predicted molar refractivity (Wildman–Crippen MR) is 70.7 cm³/mol. The molecule has 0 unspecified atom stereocenters. The molecule has 0 atom stereocenters. The summed E-state index contributed by atoms with van der Waals surface area (Å²) in [6.07, 6.45) is 0. The lowest BCUT2D eigenvalue weighted by atomic mass is 10.2. The van der Waals surface area contributed by atoms with Crippen molar-refractivity contribution in [3.63, 3.8) is 0 Å². The van der Waals surface area contributed by atoms with E-state index in [4.69, 9.17) is 12.2 Å². The first-order valence-corrected chi connectivity index (χ1v) is 6.62. The highest BCUT2D eigenvalue weighted by Crippen LogP contribution is 2.37. The molecule has 2 aliphatic heterocycles. The minimum Gasteiger partial charge on any atom is -0.310 e. The summed E-state index contributed by atoms with van der Waals surface area (Å²) in [7, 11) is 0. The maximum absolute atomic E-state index is 5.36. The largest absolute Gasteiger partial charge is 0.310 e. The van der Waals surface area contributed by atoms with E-state index in [9.17, 15) is 0 Å². The second-order valence-electron chi connectivity index (χ2n) is 3.34. The van der Waals surface area contributed by atoms with Gasteiger partial charge in [0.1, 0.15) is 10.2 Å². The van der Waals surface area contributed by atoms with Gasteiger partial charge < -0.3 is 4.90 Å². The lowest BCUT2D eigenvalue weighted by Crippen LogP contribution is -2.35. The first-order chi connectivity index (χ1) is 7.27. The topological polar surface area (TPSA) is 15.6 Å². The smallest absolute Gasteiger partial charge is 0.146 e. The molecule has 0 N–H and O–H groups in total. The van der Waals surface area contributed by atoms with Crippen LogP contribution in [0.25, 0.3) is 0 Å². The molecule has 0 radical (unpaired) electrons. The summed E-state index contributed by atoms with van der Waals surface area (Å²) in [6, 6.07) is 6.17. The lowest BCUT2D eigenvalue weighted by molar-refractivity contribution is 0.685. The van der Waals surface area contributed by atoms with E-state index in [-0.39, 0.29) is 0 Å². The number of amidine groups is 1. The zero-order valence-corrected chi connectivity index (χ0v) is 11.0. The van der Waals surface area contributed by atoms with Crippen LogP contribution in [0.5, 0.6) is 0 Å². The van der Waals surface area contributed by atoms with E-state index in [1.807, 2.05) is 12.1 Å². The van der Waals surface area contributed by atoms with Crippen LogP contribution in [-0.2, 0) is 0 Å². The summed E-state index contributed by atoms with van der Waals surface area (Å²) >= 11 is 10.6.